The van der Waals surface area contributed by atoms with Crippen LogP contribution < -0.4 is 10.2 Å². The molecule has 1 saturated heterocycles. The van der Waals surface area contributed by atoms with Gasteiger partial charge in [0, 0.05) is 5.56 Å². The van der Waals surface area contributed by atoms with Crippen molar-refractivity contribution in [3.63, 3.8) is 0 Å². The first-order valence-electron chi connectivity index (χ1n) is 8.46. The lowest BCUT2D eigenvalue weighted by Gasteiger charge is -2.28. The quantitative estimate of drug-likeness (QED) is 0.348. The summed E-state index contributed by atoms with van der Waals surface area (Å²) in [5, 5.41) is 3.31. The average Bonchev–Trinajstić information content (AvgIpc) is 3.16. The molecular weight excluding hydrogens is 431 g/mol. The zero-order chi connectivity index (χ0) is 20.5. The third-order valence-electron chi connectivity index (χ3n) is 4.25. The molecule has 0 bridgehead atoms. The molecule has 1 fully saturated rings. The summed E-state index contributed by atoms with van der Waals surface area (Å²) in [6.45, 7) is 0. The van der Waals surface area contributed by atoms with Gasteiger partial charge in [0.15, 0.2) is 5.11 Å². The topological polar surface area (TPSA) is 62.6 Å². The first-order valence-corrected chi connectivity index (χ1v) is 9.63. The fourth-order valence-corrected chi connectivity index (χ4v) is 3.56. The third-order valence-corrected chi connectivity index (χ3v) is 5.35. The van der Waals surface area contributed by atoms with Gasteiger partial charge in [0.1, 0.15) is 17.1 Å². The highest BCUT2D eigenvalue weighted by Gasteiger charge is 2.34. The second-order valence-electron chi connectivity index (χ2n) is 6.10. The molecule has 2 heterocycles. The van der Waals surface area contributed by atoms with Crippen molar-refractivity contribution in [2.45, 2.75) is 0 Å². The van der Waals surface area contributed by atoms with E-state index in [1.54, 1.807) is 54.6 Å². The molecule has 0 spiro atoms. The fourth-order valence-electron chi connectivity index (χ4n) is 2.88. The van der Waals surface area contributed by atoms with Crippen LogP contribution in [-0.4, -0.2) is 16.9 Å². The summed E-state index contributed by atoms with van der Waals surface area (Å²) in [5.74, 6) is -0.353. The number of carbonyl (C=O) groups is 2. The molecule has 144 valence electrons. The lowest BCUT2D eigenvalue weighted by atomic mass is 10.1. The maximum Gasteiger partial charge on any atom is 0.270 e. The molecule has 3 aromatic rings. The molecule has 1 aliphatic rings. The Morgan fingerprint density at radius 3 is 2.48 bits per heavy atom. The van der Waals surface area contributed by atoms with Crippen LogP contribution in [0, 0.1) is 0 Å². The van der Waals surface area contributed by atoms with E-state index in [2.05, 4.69) is 5.32 Å². The standard InChI is InChI=1S/C21H12Cl2N2O3S/c22-16-8-4-7-14(18(16)23)17-10-9-13(28-17)11-15-19(26)24-21(29)25(20(15)27)12-5-2-1-3-6-12/h1-11H,(H,24,26,29)/b15-11-. The van der Waals surface area contributed by atoms with Crippen LogP contribution in [0.5, 0.6) is 0 Å². The molecular formula is C21H12Cl2N2O3S. The van der Waals surface area contributed by atoms with Gasteiger partial charge in [0.25, 0.3) is 11.8 Å². The second-order valence-corrected chi connectivity index (χ2v) is 7.27. The van der Waals surface area contributed by atoms with Gasteiger partial charge in [-0.2, -0.15) is 0 Å². The number of anilines is 1. The molecule has 1 aromatic heterocycles. The summed E-state index contributed by atoms with van der Waals surface area (Å²) in [4.78, 5) is 26.6. The van der Waals surface area contributed by atoms with Crippen LogP contribution in [0.1, 0.15) is 5.76 Å². The molecule has 0 atom stereocenters. The van der Waals surface area contributed by atoms with Crippen LogP contribution in [0.15, 0.2) is 70.7 Å². The van der Waals surface area contributed by atoms with Crippen LogP contribution in [0.25, 0.3) is 17.4 Å². The minimum absolute atomic E-state index is 0.0224. The lowest BCUT2D eigenvalue weighted by Crippen LogP contribution is -2.54. The molecule has 0 saturated carbocycles. The van der Waals surface area contributed by atoms with Crippen molar-refractivity contribution in [2.75, 3.05) is 4.90 Å². The number of nitrogens with one attached hydrogen (secondary N) is 1. The number of hydrogen-bond acceptors (Lipinski definition) is 4. The molecule has 4 rings (SSSR count). The third kappa shape index (κ3) is 3.70. The average molecular weight is 443 g/mol. The minimum atomic E-state index is -0.592. The number of rotatable bonds is 3. The SMILES string of the molecule is O=C1NC(=S)N(c2ccccc2)C(=O)/C1=C\c1ccc(-c2cccc(Cl)c2Cl)o1. The summed E-state index contributed by atoms with van der Waals surface area (Å²) in [5.41, 5.74) is 1.06. The Hall–Kier alpha value is -2.93. The fraction of sp³-hybridized carbons (Fsp3) is 0. The predicted octanol–water partition coefficient (Wildman–Crippen LogP) is 5.08. The van der Waals surface area contributed by atoms with Gasteiger partial charge in [0.05, 0.1) is 15.7 Å². The highest BCUT2D eigenvalue weighted by molar-refractivity contribution is 7.80. The van der Waals surface area contributed by atoms with Gasteiger partial charge in [-0.1, -0.05) is 47.5 Å². The molecule has 1 N–H and O–H groups in total. The van der Waals surface area contributed by atoms with E-state index in [0.29, 0.717) is 32.8 Å². The van der Waals surface area contributed by atoms with Crippen molar-refractivity contribution in [2.24, 2.45) is 0 Å². The van der Waals surface area contributed by atoms with Crippen LogP contribution >= 0.6 is 35.4 Å². The van der Waals surface area contributed by atoms with Gasteiger partial charge in [-0.05, 0) is 54.7 Å². The number of nitrogens with zero attached hydrogens (tertiary/aromatic N) is 1. The van der Waals surface area contributed by atoms with Crippen LogP contribution in [0.4, 0.5) is 5.69 Å². The number of halogens is 2. The number of amides is 2. The molecule has 0 unspecified atom stereocenters. The summed E-state index contributed by atoms with van der Waals surface area (Å²) >= 11 is 17.5. The van der Waals surface area contributed by atoms with Gasteiger partial charge >= 0.3 is 0 Å². The highest BCUT2D eigenvalue weighted by Crippen LogP contribution is 2.34. The number of carbonyl (C=O) groups excluding carboxylic acids is 2. The number of benzene rings is 2. The number of thiocarbonyl (C=S) groups is 1. The molecule has 2 amide bonds. The summed E-state index contributed by atoms with van der Waals surface area (Å²) < 4.78 is 5.77. The maximum atomic E-state index is 13.0. The summed E-state index contributed by atoms with van der Waals surface area (Å²) in [6.07, 6.45) is 1.37. The van der Waals surface area contributed by atoms with E-state index in [9.17, 15) is 9.59 Å². The van der Waals surface area contributed by atoms with Crippen LogP contribution in [-0.2, 0) is 9.59 Å². The van der Waals surface area contributed by atoms with E-state index >= 15 is 0 Å². The Balaban J connectivity index is 1.69. The van der Waals surface area contributed by atoms with Crippen molar-refractivity contribution >= 4 is 64.1 Å². The van der Waals surface area contributed by atoms with Crippen molar-refractivity contribution in [1.82, 2.24) is 5.32 Å². The lowest BCUT2D eigenvalue weighted by molar-refractivity contribution is -0.122. The molecule has 0 aliphatic carbocycles. The molecule has 0 radical (unpaired) electrons. The van der Waals surface area contributed by atoms with Crippen molar-refractivity contribution in [3.05, 3.63) is 82.0 Å². The monoisotopic (exact) mass is 442 g/mol. The summed E-state index contributed by atoms with van der Waals surface area (Å²) in [7, 11) is 0. The Morgan fingerprint density at radius 1 is 0.966 bits per heavy atom. The van der Waals surface area contributed by atoms with Gasteiger partial charge < -0.3 is 4.42 Å². The van der Waals surface area contributed by atoms with E-state index in [1.165, 1.54) is 11.0 Å². The van der Waals surface area contributed by atoms with Crippen LogP contribution in [0.2, 0.25) is 10.0 Å². The zero-order valence-corrected chi connectivity index (χ0v) is 17.0. The van der Waals surface area contributed by atoms with E-state index in [0.717, 1.165) is 0 Å². The van der Waals surface area contributed by atoms with Crippen molar-refractivity contribution in [3.8, 4) is 11.3 Å². The number of hydrogen-bond donors (Lipinski definition) is 1. The highest BCUT2D eigenvalue weighted by atomic mass is 35.5. The Labute approximate surface area is 181 Å². The van der Waals surface area contributed by atoms with Gasteiger partial charge in [-0.3, -0.25) is 19.8 Å². The first kappa shape index (κ1) is 19.4. The normalized spacial score (nSPS) is 15.7. The van der Waals surface area contributed by atoms with E-state index in [4.69, 9.17) is 39.8 Å². The van der Waals surface area contributed by atoms with Gasteiger partial charge in [-0.15, -0.1) is 0 Å². The molecule has 2 aromatic carbocycles. The van der Waals surface area contributed by atoms with E-state index in [1.807, 2.05) is 6.07 Å². The Kier molecular flexibility index (Phi) is 5.24. The molecule has 1 aliphatic heterocycles. The van der Waals surface area contributed by atoms with Crippen LogP contribution in [0.3, 0.4) is 0 Å². The van der Waals surface area contributed by atoms with E-state index in [-0.39, 0.29) is 10.7 Å². The smallest absolute Gasteiger partial charge is 0.270 e. The van der Waals surface area contributed by atoms with Crippen molar-refractivity contribution in [1.29, 1.82) is 0 Å². The number of para-hydroxylation sites is 1. The van der Waals surface area contributed by atoms with Gasteiger partial charge in [-0.25, -0.2) is 0 Å². The Morgan fingerprint density at radius 2 is 1.72 bits per heavy atom. The number of furan rings is 1. The maximum absolute atomic E-state index is 13.0. The Bertz CT molecular complexity index is 1170. The molecule has 5 nitrogen and oxygen atoms in total. The molecule has 8 heteroatoms. The predicted molar refractivity (Wildman–Crippen MR) is 117 cm³/mol. The molecule has 29 heavy (non-hydrogen) atoms. The zero-order valence-electron chi connectivity index (χ0n) is 14.7. The second kappa shape index (κ2) is 7.83. The minimum Gasteiger partial charge on any atom is -0.457 e. The van der Waals surface area contributed by atoms with E-state index < -0.39 is 11.8 Å². The first-order chi connectivity index (χ1) is 14.0. The van der Waals surface area contributed by atoms with Crippen molar-refractivity contribution < 1.29 is 14.0 Å². The van der Waals surface area contributed by atoms with Gasteiger partial charge in [0.2, 0.25) is 0 Å². The largest absolute Gasteiger partial charge is 0.457 e. The summed E-state index contributed by atoms with van der Waals surface area (Å²) in [6, 6.07) is 17.3.